The van der Waals surface area contributed by atoms with Gasteiger partial charge in [-0.3, -0.25) is 9.67 Å². The van der Waals surface area contributed by atoms with Crippen molar-refractivity contribution in [3.8, 4) is 22.4 Å². The average molecular weight is 397 g/mol. The molecule has 0 amide bonds. The van der Waals surface area contributed by atoms with Gasteiger partial charge < -0.3 is 0 Å². The largest absolute Gasteiger partial charge is 0.264 e. The van der Waals surface area contributed by atoms with Crippen molar-refractivity contribution in [2.24, 2.45) is 0 Å². The molecular formula is C26H28N4. The molecule has 0 fully saturated rings. The molecule has 2 aromatic heterocycles. The number of pyridine rings is 1. The molecule has 0 aliphatic carbocycles. The number of hydrogen-bond donors (Lipinski definition) is 0. The van der Waals surface area contributed by atoms with Crippen LogP contribution >= 0.6 is 0 Å². The zero-order valence-corrected chi connectivity index (χ0v) is 17.3. The third-order valence-electron chi connectivity index (χ3n) is 5.43. The third kappa shape index (κ3) is 5.41. The molecular weight excluding hydrogens is 368 g/mol. The molecule has 0 aliphatic heterocycles. The Morgan fingerprint density at radius 1 is 0.700 bits per heavy atom. The summed E-state index contributed by atoms with van der Waals surface area (Å²) in [5.74, 6) is 0. The van der Waals surface area contributed by atoms with Crippen molar-refractivity contribution in [1.82, 2.24) is 20.0 Å². The minimum atomic E-state index is 0.889. The van der Waals surface area contributed by atoms with Gasteiger partial charge in [0.15, 0.2) is 0 Å². The maximum Gasteiger partial charge on any atom is 0.114 e. The van der Waals surface area contributed by atoms with Crippen LogP contribution in [0, 0.1) is 0 Å². The van der Waals surface area contributed by atoms with Gasteiger partial charge in [0.05, 0.1) is 6.20 Å². The molecule has 0 unspecified atom stereocenters. The number of aromatic nitrogens is 4. The number of hydrogen-bond acceptors (Lipinski definition) is 3. The first-order chi connectivity index (χ1) is 14.9. The Morgan fingerprint density at radius 3 is 2.33 bits per heavy atom. The van der Waals surface area contributed by atoms with Crippen LogP contribution in [0.25, 0.3) is 22.4 Å². The van der Waals surface area contributed by atoms with E-state index in [4.69, 9.17) is 0 Å². The fraction of sp³-hybridized carbons (Fsp3) is 0.269. The van der Waals surface area contributed by atoms with Crippen LogP contribution < -0.4 is 0 Å². The first kappa shape index (κ1) is 20.0. The van der Waals surface area contributed by atoms with Crippen LogP contribution in [-0.2, 0) is 13.0 Å². The van der Waals surface area contributed by atoms with Gasteiger partial charge >= 0.3 is 0 Å². The van der Waals surface area contributed by atoms with Crippen molar-refractivity contribution >= 4 is 0 Å². The normalized spacial score (nSPS) is 10.9. The molecule has 2 heterocycles. The summed E-state index contributed by atoms with van der Waals surface area (Å²) in [5, 5.41) is 8.50. The first-order valence-corrected chi connectivity index (χ1v) is 10.8. The lowest BCUT2D eigenvalue weighted by Gasteiger charge is -2.09. The minimum absolute atomic E-state index is 0.889. The molecule has 0 bridgehead atoms. The zero-order chi connectivity index (χ0) is 20.4. The van der Waals surface area contributed by atoms with E-state index in [1.54, 1.807) is 6.20 Å². The zero-order valence-electron chi connectivity index (χ0n) is 17.3. The Hall–Kier alpha value is -3.27. The van der Waals surface area contributed by atoms with Crippen molar-refractivity contribution in [3.05, 3.63) is 90.9 Å². The Morgan fingerprint density at radius 2 is 1.47 bits per heavy atom. The van der Waals surface area contributed by atoms with E-state index in [2.05, 4.69) is 69.9 Å². The van der Waals surface area contributed by atoms with Gasteiger partial charge in [0.25, 0.3) is 0 Å². The summed E-state index contributed by atoms with van der Waals surface area (Å²) in [7, 11) is 0. The van der Waals surface area contributed by atoms with Crippen molar-refractivity contribution in [1.29, 1.82) is 0 Å². The van der Waals surface area contributed by atoms with Crippen molar-refractivity contribution < 1.29 is 0 Å². The van der Waals surface area contributed by atoms with E-state index in [0.717, 1.165) is 30.6 Å². The lowest BCUT2D eigenvalue weighted by Crippen LogP contribution is -1.98. The van der Waals surface area contributed by atoms with Gasteiger partial charge in [-0.25, -0.2) is 0 Å². The lowest BCUT2D eigenvalue weighted by molar-refractivity contribution is 0.517. The van der Waals surface area contributed by atoms with E-state index in [0.29, 0.717) is 0 Å². The summed E-state index contributed by atoms with van der Waals surface area (Å²) in [6, 6.07) is 23.4. The highest BCUT2D eigenvalue weighted by molar-refractivity contribution is 5.67. The molecule has 0 atom stereocenters. The van der Waals surface area contributed by atoms with Crippen LogP contribution in [0.5, 0.6) is 0 Å². The average Bonchev–Trinajstić information content (AvgIpc) is 3.29. The quantitative estimate of drug-likeness (QED) is 0.300. The second kappa shape index (κ2) is 10.5. The number of nitrogens with zero attached hydrogens (tertiary/aromatic N) is 4. The van der Waals surface area contributed by atoms with Gasteiger partial charge in [0.2, 0.25) is 0 Å². The second-order valence-electron chi connectivity index (χ2n) is 7.65. The monoisotopic (exact) mass is 396 g/mol. The minimum Gasteiger partial charge on any atom is -0.264 e. The van der Waals surface area contributed by atoms with E-state index in [1.165, 1.54) is 42.4 Å². The Balaban J connectivity index is 1.17. The van der Waals surface area contributed by atoms with Gasteiger partial charge in [-0.15, -0.1) is 5.10 Å². The molecule has 152 valence electrons. The van der Waals surface area contributed by atoms with E-state index in [9.17, 15) is 0 Å². The van der Waals surface area contributed by atoms with Crippen molar-refractivity contribution in [2.75, 3.05) is 0 Å². The molecule has 0 saturated carbocycles. The van der Waals surface area contributed by atoms with Crippen LogP contribution in [0.1, 0.15) is 37.7 Å². The Kier molecular flexibility index (Phi) is 7.00. The highest BCUT2D eigenvalue weighted by atomic mass is 15.4. The summed E-state index contributed by atoms with van der Waals surface area (Å²) >= 11 is 0. The van der Waals surface area contributed by atoms with Crippen LogP contribution in [0.4, 0.5) is 0 Å². The number of aryl methyl sites for hydroxylation is 2. The van der Waals surface area contributed by atoms with Gasteiger partial charge in [-0.2, -0.15) is 0 Å². The molecule has 0 radical (unpaired) electrons. The fourth-order valence-electron chi connectivity index (χ4n) is 3.81. The number of rotatable bonds is 10. The standard InChI is InChI=1S/C26H28N4/c1(3-10-19-30-21-26(28-29-30)24-16-11-18-27-20-24)2-5-12-23-15-8-9-17-25(23)22-13-6-4-7-14-22/h4,6-9,11,13-18,20-21H,1-3,5,10,12,19H2. The molecule has 0 N–H and O–H groups in total. The van der Waals surface area contributed by atoms with Crippen molar-refractivity contribution in [2.45, 2.75) is 45.1 Å². The Labute approximate surface area is 178 Å². The maximum atomic E-state index is 4.25. The summed E-state index contributed by atoms with van der Waals surface area (Å²) in [4.78, 5) is 4.14. The topological polar surface area (TPSA) is 43.6 Å². The highest BCUT2D eigenvalue weighted by Gasteiger charge is 2.05. The summed E-state index contributed by atoms with van der Waals surface area (Å²) in [5.41, 5.74) is 6.04. The van der Waals surface area contributed by atoms with Crippen LogP contribution in [0.2, 0.25) is 0 Å². The van der Waals surface area contributed by atoms with E-state index >= 15 is 0 Å². The van der Waals surface area contributed by atoms with Crippen LogP contribution in [-0.4, -0.2) is 20.0 Å². The van der Waals surface area contributed by atoms with Gasteiger partial charge in [-0.05, 0) is 48.1 Å². The first-order valence-electron chi connectivity index (χ1n) is 10.8. The Bertz CT molecular complexity index is 1030. The van der Waals surface area contributed by atoms with Crippen LogP contribution in [0.3, 0.4) is 0 Å². The van der Waals surface area contributed by atoms with Gasteiger partial charge in [-0.1, -0.05) is 79.1 Å². The predicted octanol–water partition coefficient (Wildman–Crippen LogP) is 6.20. The van der Waals surface area contributed by atoms with E-state index in [-0.39, 0.29) is 0 Å². The smallest absolute Gasteiger partial charge is 0.114 e. The van der Waals surface area contributed by atoms with Crippen molar-refractivity contribution in [3.63, 3.8) is 0 Å². The van der Waals surface area contributed by atoms with E-state index in [1.807, 2.05) is 29.2 Å². The number of benzene rings is 2. The molecule has 0 saturated heterocycles. The third-order valence-corrected chi connectivity index (χ3v) is 5.43. The molecule has 4 aromatic rings. The molecule has 4 heteroatoms. The summed E-state index contributed by atoms with van der Waals surface area (Å²) in [6.07, 6.45) is 12.9. The fourth-order valence-corrected chi connectivity index (χ4v) is 3.81. The summed E-state index contributed by atoms with van der Waals surface area (Å²) in [6.45, 7) is 0.921. The lowest BCUT2D eigenvalue weighted by atomic mass is 9.96. The van der Waals surface area contributed by atoms with Gasteiger partial charge in [0, 0.05) is 24.5 Å². The SMILES string of the molecule is c1ccc(-c2ccccc2CCCCCCCn2cc(-c3cccnc3)nn2)cc1. The molecule has 4 nitrogen and oxygen atoms in total. The molecule has 0 spiro atoms. The second-order valence-corrected chi connectivity index (χ2v) is 7.65. The van der Waals surface area contributed by atoms with Crippen LogP contribution in [0.15, 0.2) is 85.3 Å². The number of unbranched alkanes of at least 4 members (excludes halogenated alkanes) is 4. The summed E-state index contributed by atoms with van der Waals surface area (Å²) < 4.78 is 1.94. The molecule has 30 heavy (non-hydrogen) atoms. The van der Waals surface area contributed by atoms with E-state index < -0.39 is 0 Å². The predicted molar refractivity (Wildman–Crippen MR) is 122 cm³/mol. The molecule has 4 rings (SSSR count). The maximum absolute atomic E-state index is 4.25. The molecule has 2 aromatic carbocycles. The molecule has 0 aliphatic rings. The van der Waals surface area contributed by atoms with Gasteiger partial charge in [0.1, 0.15) is 5.69 Å². The highest BCUT2D eigenvalue weighted by Crippen LogP contribution is 2.25.